The standard InChI is InChI=1S/C10H14N2O/c1-2-12-8-7-11-10(12)6-4-3-5-9-13/h7-8,13H,2-3,5,9H2,1H3. The SMILES string of the molecule is CCn1ccnc1C#CCCCO. The number of hydrogen-bond donors (Lipinski definition) is 1. The molecule has 1 N–H and O–H groups in total. The second-order valence-electron chi connectivity index (χ2n) is 2.67. The highest BCUT2D eigenvalue weighted by Crippen LogP contribution is 1.95. The van der Waals surface area contributed by atoms with Gasteiger partial charge in [0.05, 0.1) is 0 Å². The van der Waals surface area contributed by atoms with Gasteiger partial charge in [0.1, 0.15) is 0 Å². The van der Waals surface area contributed by atoms with Gasteiger partial charge in [-0.25, -0.2) is 4.98 Å². The minimum absolute atomic E-state index is 0.205. The molecule has 3 nitrogen and oxygen atoms in total. The van der Waals surface area contributed by atoms with Crippen molar-refractivity contribution < 1.29 is 5.11 Å². The first-order valence-corrected chi connectivity index (χ1v) is 4.49. The molecule has 0 spiro atoms. The lowest BCUT2D eigenvalue weighted by Crippen LogP contribution is -1.95. The summed E-state index contributed by atoms with van der Waals surface area (Å²) in [6.07, 6.45) is 5.13. The van der Waals surface area contributed by atoms with Crippen molar-refractivity contribution >= 4 is 0 Å². The van der Waals surface area contributed by atoms with Crippen LogP contribution in [0.3, 0.4) is 0 Å². The van der Waals surface area contributed by atoms with Crippen molar-refractivity contribution in [2.24, 2.45) is 0 Å². The molecule has 13 heavy (non-hydrogen) atoms. The van der Waals surface area contributed by atoms with Gasteiger partial charge in [0, 0.05) is 32.0 Å². The van der Waals surface area contributed by atoms with Crippen LogP contribution in [0.25, 0.3) is 0 Å². The highest BCUT2D eigenvalue weighted by molar-refractivity contribution is 5.21. The molecule has 0 bridgehead atoms. The molecule has 0 radical (unpaired) electrons. The Morgan fingerprint density at radius 3 is 3.15 bits per heavy atom. The Morgan fingerprint density at radius 1 is 1.62 bits per heavy atom. The Labute approximate surface area is 78.4 Å². The fraction of sp³-hybridized carbons (Fsp3) is 0.500. The van der Waals surface area contributed by atoms with E-state index in [-0.39, 0.29) is 6.61 Å². The van der Waals surface area contributed by atoms with Crippen LogP contribution in [0.2, 0.25) is 0 Å². The number of imidazole rings is 1. The van der Waals surface area contributed by atoms with Gasteiger partial charge in [-0.2, -0.15) is 0 Å². The predicted molar refractivity (Wildman–Crippen MR) is 51.1 cm³/mol. The van der Waals surface area contributed by atoms with E-state index < -0.39 is 0 Å². The van der Waals surface area contributed by atoms with Crippen LogP contribution in [-0.4, -0.2) is 21.3 Å². The summed E-state index contributed by atoms with van der Waals surface area (Å²) in [5, 5.41) is 8.54. The molecule has 0 fully saturated rings. The van der Waals surface area contributed by atoms with E-state index >= 15 is 0 Å². The van der Waals surface area contributed by atoms with Gasteiger partial charge in [-0.3, -0.25) is 0 Å². The Hall–Kier alpha value is -1.27. The molecule has 3 heteroatoms. The number of rotatable bonds is 3. The molecular formula is C10H14N2O. The van der Waals surface area contributed by atoms with E-state index in [1.165, 1.54) is 0 Å². The fourth-order valence-corrected chi connectivity index (χ4v) is 0.997. The summed E-state index contributed by atoms with van der Waals surface area (Å²) in [7, 11) is 0. The van der Waals surface area contributed by atoms with E-state index in [9.17, 15) is 0 Å². The molecule has 1 rings (SSSR count). The zero-order chi connectivity index (χ0) is 9.52. The van der Waals surface area contributed by atoms with Gasteiger partial charge in [0.2, 0.25) is 0 Å². The van der Waals surface area contributed by atoms with Crippen LogP contribution in [-0.2, 0) is 6.54 Å². The molecule has 1 heterocycles. The molecule has 0 aliphatic carbocycles. The van der Waals surface area contributed by atoms with Gasteiger partial charge < -0.3 is 9.67 Å². The smallest absolute Gasteiger partial charge is 0.185 e. The average Bonchev–Trinajstić information content (AvgIpc) is 2.60. The van der Waals surface area contributed by atoms with Crippen molar-refractivity contribution in [3.8, 4) is 11.8 Å². The molecule has 70 valence electrons. The minimum atomic E-state index is 0.205. The first-order valence-electron chi connectivity index (χ1n) is 4.49. The number of aryl methyl sites for hydroxylation is 1. The van der Waals surface area contributed by atoms with Crippen LogP contribution >= 0.6 is 0 Å². The first-order chi connectivity index (χ1) is 6.38. The summed E-state index contributed by atoms with van der Waals surface area (Å²) >= 11 is 0. The first kappa shape index (κ1) is 9.82. The Bertz CT molecular complexity index is 306. The number of nitrogens with zero attached hydrogens (tertiary/aromatic N) is 2. The second-order valence-corrected chi connectivity index (χ2v) is 2.67. The van der Waals surface area contributed by atoms with Gasteiger partial charge in [0.15, 0.2) is 5.82 Å². The number of aromatic nitrogens is 2. The Balaban J connectivity index is 2.55. The maximum absolute atomic E-state index is 8.54. The molecule has 0 saturated carbocycles. The Kier molecular flexibility index (Phi) is 4.07. The molecule has 0 aliphatic rings. The largest absolute Gasteiger partial charge is 0.396 e. The van der Waals surface area contributed by atoms with Crippen LogP contribution in [0.5, 0.6) is 0 Å². The lowest BCUT2D eigenvalue weighted by molar-refractivity contribution is 0.290. The molecule has 1 aromatic heterocycles. The summed E-state index contributed by atoms with van der Waals surface area (Å²) < 4.78 is 1.99. The summed E-state index contributed by atoms with van der Waals surface area (Å²) in [5.74, 6) is 6.75. The number of aliphatic hydroxyl groups is 1. The summed E-state index contributed by atoms with van der Waals surface area (Å²) in [5.41, 5.74) is 0. The molecular weight excluding hydrogens is 164 g/mol. The monoisotopic (exact) mass is 178 g/mol. The number of unbranched alkanes of at least 4 members (excludes halogenated alkanes) is 1. The van der Waals surface area contributed by atoms with Crippen molar-refractivity contribution in [3.63, 3.8) is 0 Å². The van der Waals surface area contributed by atoms with Crippen LogP contribution in [0.1, 0.15) is 25.6 Å². The molecule has 0 amide bonds. The van der Waals surface area contributed by atoms with Crippen molar-refractivity contribution in [2.45, 2.75) is 26.3 Å². The lowest BCUT2D eigenvalue weighted by Gasteiger charge is -1.95. The number of aliphatic hydroxyl groups excluding tert-OH is 1. The van der Waals surface area contributed by atoms with E-state index in [4.69, 9.17) is 5.11 Å². The summed E-state index contributed by atoms with van der Waals surface area (Å²) in [6, 6.07) is 0. The van der Waals surface area contributed by atoms with E-state index in [0.29, 0.717) is 0 Å². The van der Waals surface area contributed by atoms with Gasteiger partial charge >= 0.3 is 0 Å². The highest BCUT2D eigenvalue weighted by Gasteiger charge is 1.93. The normalized spacial score (nSPS) is 9.38. The van der Waals surface area contributed by atoms with E-state index in [0.717, 1.165) is 25.2 Å². The molecule has 0 atom stereocenters. The van der Waals surface area contributed by atoms with Crippen molar-refractivity contribution in [1.29, 1.82) is 0 Å². The van der Waals surface area contributed by atoms with Crippen LogP contribution < -0.4 is 0 Å². The topological polar surface area (TPSA) is 38.0 Å². The maximum Gasteiger partial charge on any atom is 0.185 e. The van der Waals surface area contributed by atoms with Gasteiger partial charge in [-0.05, 0) is 19.3 Å². The third-order valence-electron chi connectivity index (χ3n) is 1.72. The van der Waals surface area contributed by atoms with Gasteiger partial charge in [-0.1, -0.05) is 5.92 Å². The van der Waals surface area contributed by atoms with Crippen molar-refractivity contribution in [3.05, 3.63) is 18.2 Å². The van der Waals surface area contributed by atoms with E-state index in [1.807, 2.05) is 10.8 Å². The second kappa shape index (κ2) is 5.39. The summed E-state index contributed by atoms with van der Waals surface area (Å²) in [6.45, 7) is 3.15. The molecule has 0 aromatic carbocycles. The van der Waals surface area contributed by atoms with Crippen LogP contribution in [0.4, 0.5) is 0 Å². The zero-order valence-electron chi connectivity index (χ0n) is 7.82. The van der Waals surface area contributed by atoms with Gasteiger partial charge in [-0.15, -0.1) is 0 Å². The van der Waals surface area contributed by atoms with E-state index in [1.54, 1.807) is 6.20 Å². The third kappa shape index (κ3) is 2.92. The molecule has 0 unspecified atom stereocenters. The van der Waals surface area contributed by atoms with Crippen LogP contribution in [0, 0.1) is 11.8 Å². The predicted octanol–water partition coefficient (Wildman–Crippen LogP) is 1.03. The minimum Gasteiger partial charge on any atom is -0.396 e. The highest BCUT2D eigenvalue weighted by atomic mass is 16.2. The number of hydrogen-bond acceptors (Lipinski definition) is 2. The summed E-state index contributed by atoms with van der Waals surface area (Å²) in [4.78, 5) is 4.11. The molecule has 1 aromatic rings. The van der Waals surface area contributed by atoms with Crippen molar-refractivity contribution in [2.75, 3.05) is 6.61 Å². The lowest BCUT2D eigenvalue weighted by atomic mass is 10.3. The fourth-order valence-electron chi connectivity index (χ4n) is 0.997. The molecule has 0 aliphatic heterocycles. The third-order valence-corrected chi connectivity index (χ3v) is 1.72. The molecule has 0 saturated heterocycles. The maximum atomic E-state index is 8.54. The Morgan fingerprint density at radius 2 is 2.46 bits per heavy atom. The van der Waals surface area contributed by atoms with Gasteiger partial charge in [0.25, 0.3) is 0 Å². The average molecular weight is 178 g/mol. The quantitative estimate of drug-likeness (QED) is 0.554. The van der Waals surface area contributed by atoms with E-state index in [2.05, 4.69) is 23.7 Å². The zero-order valence-corrected chi connectivity index (χ0v) is 7.82. The van der Waals surface area contributed by atoms with Crippen LogP contribution in [0.15, 0.2) is 12.4 Å². The van der Waals surface area contributed by atoms with Crippen molar-refractivity contribution in [1.82, 2.24) is 9.55 Å².